The number of hydrogen-bond acceptors (Lipinski definition) is 6. The highest BCUT2D eigenvalue weighted by Gasteiger charge is 2.21. The van der Waals surface area contributed by atoms with Gasteiger partial charge in [-0.15, -0.1) is 0 Å². The summed E-state index contributed by atoms with van der Waals surface area (Å²) in [5.41, 5.74) is 3.59. The molecule has 4 heterocycles. The zero-order valence-electron chi connectivity index (χ0n) is 15.7. The maximum Gasteiger partial charge on any atom is 0.164 e. The third-order valence-corrected chi connectivity index (χ3v) is 5.17. The van der Waals surface area contributed by atoms with Crippen LogP contribution in [0.3, 0.4) is 0 Å². The molecule has 0 radical (unpaired) electrons. The van der Waals surface area contributed by atoms with Crippen molar-refractivity contribution in [1.29, 1.82) is 0 Å². The molecule has 27 heavy (non-hydrogen) atoms. The number of nitrogens with one attached hydrogen (secondary N) is 1. The van der Waals surface area contributed by atoms with Gasteiger partial charge in [0.1, 0.15) is 5.65 Å². The molecule has 8 heteroatoms. The van der Waals surface area contributed by atoms with E-state index >= 15 is 0 Å². The Morgan fingerprint density at radius 2 is 2.19 bits per heavy atom. The van der Waals surface area contributed by atoms with Gasteiger partial charge in [0.25, 0.3) is 0 Å². The van der Waals surface area contributed by atoms with Gasteiger partial charge in [-0.2, -0.15) is 4.36 Å². The van der Waals surface area contributed by atoms with Crippen LogP contribution in [0.15, 0.2) is 41.0 Å². The molecule has 4 rings (SSSR count). The fraction of sp³-hybridized carbons (Fsp3) is 0.368. The number of morpholine rings is 1. The van der Waals surface area contributed by atoms with Crippen molar-refractivity contribution in [3.63, 3.8) is 0 Å². The van der Waals surface area contributed by atoms with E-state index in [0.717, 1.165) is 34.5 Å². The Balaban J connectivity index is 1.91. The lowest BCUT2D eigenvalue weighted by molar-refractivity contribution is 0.0989. The van der Waals surface area contributed by atoms with E-state index in [4.69, 9.17) is 9.72 Å². The molecule has 0 aliphatic carbocycles. The Kier molecular flexibility index (Phi) is 4.61. The molecule has 3 aromatic rings. The first-order valence-corrected chi connectivity index (χ1v) is 11.2. The molecule has 0 unspecified atom stereocenters. The second kappa shape index (κ2) is 6.94. The van der Waals surface area contributed by atoms with Crippen LogP contribution in [0, 0.1) is 0 Å². The predicted octanol–water partition coefficient (Wildman–Crippen LogP) is 3.21. The Bertz CT molecular complexity index is 1090. The number of pyridine rings is 2. The topological polar surface area (TPSA) is 83.5 Å². The van der Waals surface area contributed by atoms with Crippen LogP contribution < -0.4 is 4.90 Å². The van der Waals surface area contributed by atoms with Gasteiger partial charge in [-0.3, -0.25) is 0 Å². The minimum atomic E-state index is -2.32. The first-order valence-electron chi connectivity index (χ1n) is 8.87. The summed E-state index contributed by atoms with van der Waals surface area (Å²) in [6.07, 6.45) is 6.87. The van der Waals surface area contributed by atoms with Crippen LogP contribution in [0.1, 0.15) is 6.92 Å². The van der Waals surface area contributed by atoms with Crippen molar-refractivity contribution in [3.05, 3.63) is 36.7 Å². The SMILES string of the molecule is C[C@@H]1COCCN1c1cc(N=S(C)(C)=O)nc(-c2ccnc3[nH]ccc23)c1. The molecule has 1 fully saturated rings. The lowest BCUT2D eigenvalue weighted by Gasteiger charge is -2.35. The molecule has 1 atom stereocenters. The molecule has 142 valence electrons. The molecule has 0 saturated carbocycles. The number of rotatable bonds is 3. The summed E-state index contributed by atoms with van der Waals surface area (Å²) in [4.78, 5) is 14.5. The van der Waals surface area contributed by atoms with Crippen LogP contribution in [0.5, 0.6) is 0 Å². The highest BCUT2D eigenvalue weighted by Crippen LogP contribution is 2.32. The van der Waals surface area contributed by atoms with E-state index < -0.39 is 9.73 Å². The van der Waals surface area contributed by atoms with E-state index in [0.29, 0.717) is 19.0 Å². The molecular formula is C19H23N5O2S. The third kappa shape index (κ3) is 3.81. The third-order valence-electron chi connectivity index (χ3n) is 4.55. The Hall–Kier alpha value is -2.45. The first kappa shape index (κ1) is 17.9. The number of aromatic amines is 1. The van der Waals surface area contributed by atoms with Gasteiger partial charge in [-0.05, 0) is 25.1 Å². The van der Waals surface area contributed by atoms with E-state index in [1.54, 1.807) is 18.7 Å². The largest absolute Gasteiger partial charge is 0.377 e. The second-order valence-corrected chi connectivity index (χ2v) is 9.60. The zero-order chi connectivity index (χ0) is 19.0. The molecule has 1 N–H and O–H groups in total. The lowest BCUT2D eigenvalue weighted by atomic mass is 10.1. The van der Waals surface area contributed by atoms with E-state index in [-0.39, 0.29) is 6.04 Å². The molecular weight excluding hydrogens is 362 g/mol. The van der Waals surface area contributed by atoms with Crippen LogP contribution in [0.4, 0.5) is 11.5 Å². The van der Waals surface area contributed by atoms with E-state index in [1.165, 1.54) is 0 Å². The van der Waals surface area contributed by atoms with Gasteiger partial charge in [0.05, 0.1) is 18.9 Å². The fourth-order valence-corrected chi connectivity index (χ4v) is 3.92. The second-order valence-electron chi connectivity index (χ2n) is 7.06. The number of ether oxygens (including phenoxy) is 1. The molecule has 1 aliphatic rings. The smallest absolute Gasteiger partial charge is 0.164 e. The molecule has 1 aliphatic heterocycles. The highest BCUT2D eigenvalue weighted by atomic mass is 32.2. The van der Waals surface area contributed by atoms with Crippen LogP contribution >= 0.6 is 0 Å². The zero-order valence-corrected chi connectivity index (χ0v) is 16.5. The van der Waals surface area contributed by atoms with Crippen molar-refractivity contribution in [1.82, 2.24) is 15.0 Å². The fourth-order valence-electron chi connectivity index (χ4n) is 3.37. The van der Waals surface area contributed by atoms with Crippen molar-refractivity contribution in [3.8, 4) is 11.3 Å². The van der Waals surface area contributed by atoms with Crippen molar-refractivity contribution >= 4 is 32.3 Å². The summed E-state index contributed by atoms with van der Waals surface area (Å²) in [5, 5.41) is 0.997. The molecule has 0 bridgehead atoms. The molecule has 1 saturated heterocycles. The van der Waals surface area contributed by atoms with Gasteiger partial charge in [-0.1, -0.05) is 0 Å². The number of aromatic nitrogens is 3. The van der Waals surface area contributed by atoms with Crippen molar-refractivity contribution < 1.29 is 8.95 Å². The van der Waals surface area contributed by atoms with Crippen LogP contribution in [-0.2, 0) is 14.5 Å². The van der Waals surface area contributed by atoms with Crippen molar-refractivity contribution in [2.45, 2.75) is 13.0 Å². The summed E-state index contributed by atoms with van der Waals surface area (Å²) in [5.74, 6) is 0.483. The summed E-state index contributed by atoms with van der Waals surface area (Å²) < 4.78 is 22.2. The Morgan fingerprint density at radius 3 is 2.96 bits per heavy atom. The van der Waals surface area contributed by atoms with E-state index in [1.807, 2.05) is 24.4 Å². The number of fused-ring (bicyclic) bond motifs is 1. The normalized spacial score (nSPS) is 18.0. The maximum atomic E-state index is 12.3. The minimum absolute atomic E-state index is 0.249. The van der Waals surface area contributed by atoms with Gasteiger partial charge in [0.2, 0.25) is 0 Å². The maximum absolute atomic E-state index is 12.3. The molecule has 0 aromatic carbocycles. The summed E-state index contributed by atoms with van der Waals surface area (Å²) in [7, 11) is -2.32. The lowest BCUT2D eigenvalue weighted by Crippen LogP contribution is -2.43. The number of anilines is 1. The van der Waals surface area contributed by atoms with E-state index in [2.05, 4.69) is 32.2 Å². The van der Waals surface area contributed by atoms with Gasteiger partial charge in [0, 0.05) is 69.9 Å². The predicted molar refractivity (Wildman–Crippen MR) is 109 cm³/mol. The number of nitrogens with zero attached hydrogens (tertiary/aromatic N) is 4. The Morgan fingerprint density at radius 1 is 1.33 bits per heavy atom. The average molecular weight is 385 g/mol. The monoisotopic (exact) mass is 385 g/mol. The quantitative estimate of drug-likeness (QED) is 0.748. The number of H-pyrrole nitrogens is 1. The highest BCUT2D eigenvalue weighted by molar-refractivity contribution is 7.92. The Labute approximate surface area is 159 Å². The molecule has 0 amide bonds. The standard InChI is InChI=1S/C19H23N5O2S/c1-13-12-26-9-8-24(13)14-10-17(22-18(11-14)23-27(2,3)25)15-4-6-20-19-16(15)5-7-21-19/h4-7,10-11,13H,8-9,12H2,1-3H3,(H,20,21)/t13-/m1/s1. The molecule has 7 nitrogen and oxygen atoms in total. The summed E-state index contributed by atoms with van der Waals surface area (Å²) in [6.45, 7) is 4.30. The van der Waals surface area contributed by atoms with Gasteiger partial charge >= 0.3 is 0 Å². The van der Waals surface area contributed by atoms with Crippen LogP contribution in [-0.4, -0.2) is 57.5 Å². The van der Waals surface area contributed by atoms with Crippen LogP contribution in [0.2, 0.25) is 0 Å². The van der Waals surface area contributed by atoms with Crippen LogP contribution in [0.25, 0.3) is 22.3 Å². The van der Waals surface area contributed by atoms with E-state index in [9.17, 15) is 4.21 Å². The number of hydrogen-bond donors (Lipinski definition) is 1. The summed E-state index contributed by atoms with van der Waals surface area (Å²) in [6, 6.07) is 8.16. The van der Waals surface area contributed by atoms with Gasteiger partial charge < -0.3 is 14.6 Å². The molecule has 0 spiro atoms. The van der Waals surface area contributed by atoms with Gasteiger partial charge in [-0.25, -0.2) is 14.2 Å². The first-order chi connectivity index (χ1) is 12.9. The summed E-state index contributed by atoms with van der Waals surface area (Å²) >= 11 is 0. The minimum Gasteiger partial charge on any atom is -0.377 e. The average Bonchev–Trinajstić information content (AvgIpc) is 3.09. The van der Waals surface area contributed by atoms with Gasteiger partial charge in [0.15, 0.2) is 5.82 Å². The molecule has 3 aromatic heterocycles. The van der Waals surface area contributed by atoms with Crippen molar-refractivity contribution in [2.75, 3.05) is 37.2 Å². The van der Waals surface area contributed by atoms with Crippen molar-refractivity contribution in [2.24, 2.45) is 4.36 Å².